The highest BCUT2D eigenvalue weighted by molar-refractivity contribution is 14.1. The number of para-hydroxylation sites is 1. The molecule has 0 heterocycles. The number of nitrogens with one attached hydrogen (secondary N) is 1. The third-order valence-electron chi connectivity index (χ3n) is 0.976. The first-order valence-corrected chi connectivity index (χ1v) is 3.53. The van der Waals surface area contributed by atoms with Crippen LogP contribution in [0.3, 0.4) is 0 Å². The van der Waals surface area contributed by atoms with E-state index in [2.05, 4.69) is 22.6 Å². The van der Waals surface area contributed by atoms with Crippen LogP contribution in [-0.4, -0.2) is 0 Å². The maximum Gasteiger partial charge on any atom is 0.0789 e. The maximum atomic E-state index is 11.7. The predicted octanol–water partition coefficient (Wildman–Crippen LogP) is 2.59. The highest BCUT2D eigenvalue weighted by atomic mass is 127. The lowest BCUT2D eigenvalue weighted by atomic mass is 10.3. The molecule has 0 aromatic heterocycles. The molecule has 1 nitrogen and oxygen atoms in total. The van der Waals surface area contributed by atoms with Gasteiger partial charge in [0.1, 0.15) is 0 Å². The van der Waals surface area contributed by atoms with E-state index >= 15 is 0 Å². The van der Waals surface area contributed by atoms with Crippen LogP contribution < -0.4 is 5.54 Å². The predicted molar refractivity (Wildman–Crippen MR) is 43.9 cm³/mol. The van der Waals surface area contributed by atoms with Crippen molar-refractivity contribution in [2.24, 2.45) is 0 Å². The molecule has 0 bridgehead atoms. The molecule has 1 N–H and O–H groups in total. The quantitative estimate of drug-likeness (QED) is 0.584. The number of anilines is 1. The molecule has 0 atom stereocenters. The van der Waals surface area contributed by atoms with E-state index in [9.17, 15) is 4.48 Å². The lowest BCUT2D eigenvalue weighted by Gasteiger charge is -1.96. The molecule has 48 valence electrons. The molecule has 0 aliphatic rings. The smallest absolute Gasteiger partial charge is 0.0789 e. The third-order valence-corrected chi connectivity index (χ3v) is 1.92. The zero-order chi connectivity index (χ0) is 6.69. The van der Waals surface area contributed by atoms with Gasteiger partial charge in [-0.3, -0.25) is 0 Å². The molecule has 3 heteroatoms. The fraction of sp³-hybridized carbons (Fsp3) is 0. The topological polar surface area (TPSA) is 12.0 Å². The number of benzene rings is 1. The Kier molecular flexibility index (Phi) is 2.27. The summed E-state index contributed by atoms with van der Waals surface area (Å²) in [7, 11) is 0. The first kappa shape index (κ1) is 6.80. The maximum absolute atomic E-state index is 11.7. The van der Waals surface area contributed by atoms with Gasteiger partial charge in [-0.2, -0.15) is 0 Å². The van der Waals surface area contributed by atoms with E-state index in [4.69, 9.17) is 0 Å². The average molecular weight is 237 g/mol. The molecule has 1 aromatic rings. The number of halogens is 2. The van der Waals surface area contributed by atoms with Crippen molar-refractivity contribution in [2.75, 3.05) is 5.54 Å². The lowest BCUT2D eigenvalue weighted by Crippen LogP contribution is -1.83. The molecule has 0 radical (unpaired) electrons. The summed E-state index contributed by atoms with van der Waals surface area (Å²) in [6.45, 7) is 0. The van der Waals surface area contributed by atoms with Crippen LogP contribution in [0, 0.1) is 3.57 Å². The van der Waals surface area contributed by atoms with E-state index < -0.39 is 0 Å². The fourth-order valence-electron chi connectivity index (χ4n) is 0.538. The molecule has 0 fully saturated rings. The summed E-state index contributed by atoms with van der Waals surface area (Å²) < 4.78 is 12.6. The van der Waals surface area contributed by atoms with Crippen LogP contribution in [0.5, 0.6) is 0 Å². The summed E-state index contributed by atoms with van der Waals surface area (Å²) in [5.74, 6) is 0. The van der Waals surface area contributed by atoms with Crippen molar-refractivity contribution in [1.82, 2.24) is 0 Å². The van der Waals surface area contributed by atoms with E-state index in [-0.39, 0.29) is 0 Å². The summed E-state index contributed by atoms with van der Waals surface area (Å²) in [6, 6.07) is 7.16. The molecule has 1 aromatic carbocycles. The summed E-state index contributed by atoms with van der Waals surface area (Å²) in [4.78, 5) is 0. The van der Waals surface area contributed by atoms with Crippen molar-refractivity contribution in [3.05, 3.63) is 27.8 Å². The van der Waals surface area contributed by atoms with Gasteiger partial charge in [-0.05, 0) is 34.7 Å². The van der Waals surface area contributed by atoms with Crippen molar-refractivity contribution < 1.29 is 4.48 Å². The Hall–Kier alpha value is -0.320. The van der Waals surface area contributed by atoms with Gasteiger partial charge < -0.3 is 0 Å². The normalized spacial score (nSPS) is 9.11. The molecule has 1 rings (SSSR count). The third kappa shape index (κ3) is 1.54. The Morgan fingerprint density at radius 2 is 2.00 bits per heavy atom. The zero-order valence-electron chi connectivity index (χ0n) is 4.57. The largest absolute Gasteiger partial charge is 0.223 e. The number of hydrogen-bond acceptors (Lipinski definition) is 1. The molecular formula is C6H5FIN. The first-order chi connectivity index (χ1) is 4.34. The van der Waals surface area contributed by atoms with E-state index in [0.29, 0.717) is 5.69 Å². The second kappa shape index (κ2) is 3.00. The van der Waals surface area contributed by atoms with Crippen molar-refractivity contribution in [3.8, 4) is 0 Å². The van der Waals surface area contributed by atoms with E-state index in [1.165, 1.54) is 0 Å². The van der Waals surface area contributed by atoms with Crippen LogP contribution in [-0.2, 0) is 0 Å². The van der Waals surface area contributed by atoms with Crippen molar-refractivity contribution >= 4 is 28.3 Å². The molecule has 0 aliphatic heterocycles. The number of rotatable bonds is 1. The number of hydrogen-bond donors (Lipinski definition) is 1. The van der Waals surface area contributed by atoms with Crippen molar-refractivity contribution in [3.63, 3.8) is 0 Å². The highest BCUT2D eigenvalue weighted by Gasteiger charge is 1.92. The van der Waals surface area contributed by atoms with Crippen LogP contribution in [0.15, 0.2) is 24.3 Å². The van der Waals surface area contributed by atoms with Crippen LogP contribution in [0.4, 0.5) is 10.2 Å². The standard InChI is InChI=1S/C6H5FIN/c7-9-6-4-2-1-3-5(6)8/h1-4,9H. The van der Waals surface area contributed by atoms with Crippen LogP contribution >= 0.6 is 22.6 Å². The fourth-order valence-corrected chi connectivity index (χ4v) is 1.03. The van der Waals surface area contributed by atoms with Gasteiger partial charge in [0.15, 0.2) is 0 Å². The molecule has 0 unspecified atom stereocenters. The van der Waals surface area contributed by atoms with Gasteiger partial charge >= 0.3 is 0 Å². The minimum Gasteiger partial charge on any atom is -0.223 e. The van der Waals surface area contributed by atoms with E-state index in [1.54, 1.807) is 17.7 Å². The molecule has 0 amide bonds. The van der Waals surface area contributed by atoms with Gasteiger partial charge in [0.2, 0.25) is 0 Å². The Labute approximate surface area is 66.3 Å². The van der Waals surface area contributed by atoms with Crippen LogP contribution in [0.2, 0.25) is 0 Å². The molecule has 0 saturated heterocycles. The SMILES string of the molecule is FNc1ccccc1I. The van der Waals surface area contributed by atoms with Gasteiger partial charge in [0.05, 0.1) is 5.69 Å². The Balaban J connectivity index is 3.01. The van der Waals surface area contributed by atoms with Gasteiger partial charge in [-0.25, -0.2) is 5.54 Å². The van der Waals surface area contributed by atoms with Gasteiger partial charge in [0, 0.05) is 3.57 Å². The lowest BCUT2D eigenvalue weighted by molar-refractivity contribution is 0.617. The minimum atomic E-state index is 0.526. The van der Waals surface area contributed by atoms with Crippen LogP contribution in [0.25, 0.3) is 0 Å². The van der Waals surface area contributed by atoms with Crippen LogP contribution in [0.1, 0.15) is 0 Å². The monoisotopic (exact) mass is 237 g/mol. The molecule has 0 aliphatic carbocycles. The summed E-state index contributed by atoms with van der Waals surface area (Å²) in [5, 5.41) is 0. The minimum absolute atomic E-state index is 0.526. The highest BCUT2D eigenvalue weighted by Crippen LogP contribution is 2.16. The summed E-state index contributed by atoms with van der Waals surface area (Å²) in [6.07, 6.45) is 0. The van der Waals surface area contributed by atoms with E-state index in [0.717, 1.165) is 3.57 Å². The van der Waals surface area contributed by atoms with Gasteiger partial charge in [-0.15, -0.1) is 4.48 Å². The van der Waals surface area contributed by atoms with Gasteiger partial charge in [-0.1, -0.05) is 12.1 Å². The molecule has 0 saturated carbocycles. The second-order valence-corrected chi connectivity index (χ2v) is 2.74. The van der Waals surface area contributed by atoms with Gasteiger partial charge in [0.25, 0.3) is 0 Å². The summed E-state index contributed by atoms with van der Waals surface area (Å²) >= 11 is 2.06. The van der Waals surface area contributed by atoms with Crippen molar-refractivity contribution in [2.45, 2.75) is 0 Å². The molecule has 0 spiro atoms. The average Bonchev–Trinajstić information content (AvgIpc) is 1.89. The Morgan fingerprint density at radius 1 is 1.33 bits per heavy atom. The first-order valence-electron chi connectivity index (χ1n) is 2.46. The Bertz CT molecular complexity index is 202. The zero-order valence-corrected chi connectivity index (χ0v) is 6.72. The molecular weight excluding hydrogens is 232 g/mol. The van der Waals surface area contributed by atoms with Crippen molar-refractivity contribution in [1.29, 1.82) is 0 Å². The Morgan fingerprint density at radius 3 is 2.44 bits per heavy atom. The van der Waals surface area contributed by atoms with E-state index in [1.807, 2.05) is 12.1 Å². The second-order valence-electron chi connectivity index (χ2n) is 1.57. The summed E-state index contributed by atoms with van der Waals surface area (Å²) in [5.41, 5.74) is 2.11. The molecule has 9 heavy (non-hydrogen) atoms.